The molecular formula is C12H8ClFN2O. The van der Waals surface area contributed by atoms with Crippen LogP contribution in [-0.4, -0.2) is 10.9 Å². The van der Waals surface area contributed by atoms with Gasteiger partial charge in [-0.3, -0.25) is 4.79 Å². The number of rotatable bonds is 2. The largest absolute Gasteiger partial charge is 0.321 e. The molecule has 0 aliphatic carbocycles. The van der Waals surface area contributed by atoms with E-state index in [4.69, 9.17) is 11.6 Å². The van der Waals surface area contributed by atoms with Crippen molar-refractivity contribution in [1.82, 2.24) is 4.98 Å². The lowest BCUT2D eigenvalue weighted by Crippen LogP contribution is -2.12. The van der Waals surface area contributed by atoms with Crippen LogP contribution in [0.15, 0.2) is 42.6 Å². The number of amides is 1. The third kappa shape index (κ3) is 2.79. The van der Waals surface area contributed by atoms with Gasteiger partial charge in [-0.2, -0.15) is 4.39 Å². The molecule has 0 bridgehead atoms. The number of pyridine rings is 1. The lowest BCUT2D eigenvalue weighted by atomic mass is 10.2. The molecule has 17 heavy (non-hydrogen) atoms. The summed E-state index contributed by atoms with van der Waals surface area (Å²) in [5.74, 6) is -0.954. The first kappa shape index (κ1) is 11.5. The minimum atomic E-state index is -0.597. The van der Waals surface area contributed by atoms with Gasteiger partial charge in [0.1, 0.15) is 0 Å². The maximum atomic E-state index is 12.6. The first-order valence-corrected chi connectivity index (χ1v) is 5.22. The maximum Gasteiger partial charge on any atom is 0.257 e. The Kier molecular flexibility index (Phi) is 3.35. The van der Waals surface area contributed by atoms with Crippen LogP contribution in [0.5, 0.6) is 0 Å². The van der Waals surface area contributed by atoms with Crippen molar-refractivity contribution < 1.29 is 9.18 Å². The Labute approximate surface area is 102 Å². The minimum Gasteiger partial charge on any atom is -0.321 e. The summed E-state index contributed by atoms with van der Waals surface area (Å²) in [5.41, 5.74) is 0.773. The molecule has 1 aromatic heterocycles. The molecule has 1 heterocycles. The second-order valence-corrected chi connectivity index (χ2v) is 3.71. The molecule has 0 unspecified atom stereocenters. The van der Waals surface area contributed by atoms with Crippen molar-refractivity contribution in [3.8, 4) is 0 Å². The second kappa shape index (κ2) is 4.93. The molecule has 3 nitrogen and oxygen atoms in total. The molecule has 1 aromatic carbocycles. The van der Waals surface area contributed by atoms with Crippen molar-refractivity contribution in [2.75, 3.05) is 5.32 Å². The zero-order valence-corrected chi connectivity index (χ0v) is 9.41. The molecule has 0 aliphatic heterocycles. The maximum absolute atomic E-state index is 12.6. The van der Waals surface area contributed by atoms with E-state index in [-0.39, 0.29) is 5.91 Å². The van der Waals surface area contributed by atoms with Crippen molar-refractivity contribution in [3.05, 3.63) is 59.1 Å². The number of carbonyl (C=O) groups excluding carboxylic acids is 1. The minimum absolute atomic E-state index is 0.357. The summed E-state index contributed by atoms with van der Waals surface area (Å²) in [5, 5.41) is 2.93. The Bertz CT molecular complexity index is 542. The number of hydrogen-bond donors (Lipinski definition) is 1. The van der Waals surface area contributed by atoms with E-state index in [1.165, 1.54) is 18.3 Å². The van der Waals surface area contributed by atoms with Gasteiger partial charge >= 0.3 is 0 Å². The lowest BCUT2D eigenvalue weighted by molar-refractivity contribution is 0.102. The monoisotopic (exact) mass is 250 g/mol. The molecule has 0 saturated carbocycles. The van der Waals surface area contributed by atoms with Gasteiger partial charge in [0.25, 0.3) is 5.91 Å². The Morgan fingerprint density at radius 1 is 1.24 bits per heavy atom. The normalized spacial score (nSPS) is 10.0. The second-order valence-electron chi connectivity index (χ2n) is 3.30. The number of anilines is 1. The molecule has 0 fully saturated rings. The first-order valence-electron chi connectivity index (χ1n) is 4.84. The Morgan fingerprint density at radius 2 is 2.00 bits per heavy atom. The van der Waals surface area contributed by atoms with Gasteiger partial charge in [0.15, 0.2) is 0 Å². The van der Waals surface area contributed by atoms with E-state index in [1.54, 1.807) is 24.3 Å². The number of halogens is 2. The summed E-state index contributed by atoms with van der Waals surface area (Å²) in [4.78, 5) is 15.2. The van der Waals surface area contributed by atoms with E-state index in [9.17, 15) is 9.18 Å². The van der Waals surface area contributed by atoms with Gasteiger partial charge in [0, 0.05) is 0 Å². The first-order chi connectivity index (χ1) is 8.16. The van der Waals surface area contributed by atoms with Crippen molar-refractivity contribution in [1.29, 1.82) is 0 Å². The van der Waals surface area contributed by atoms with Crippen LogP contribution in [0, 0.1) is 5.95 Å². The average Bonchev–Trinajstić information content (AvgIpc) is 2.32. The summed E-state index contributed by atoms with van der Waals surface area (Å²) >= 11 is 5.87. The van der Waals surface area contributed by atoms with Crippen LogP contribution in [-0.2, 0) is 0 Å². The molecule has 2 rings (SSSR count). The van der Waals surface area contributed by atoms with E-state index in [0.717, 1.165) is 0 Å². The summed E-state index contributed by atoms with van der Waals surface area (Å²) in [6.07, 6.45) is 1.24. The van der Waals surface area contributed by atoms with Gasteiger partial charge in [0.05, 0.1) is 22.5 Å². The van der Waals surface area contributed by atoms with Crippen LogP contribution in [0.4, 0.5) is 10.1 Å². The van der Waals surface area contributed by atoms with Crippen LogP contribution in [0.2, 0.25) is 5.02 Å². The van der Waals surface area contributed by atoms with Crippen molar-refractivity contribution in [3.63, 3.8) is 0 Å². The summed E-state index contributed by atoms with van der Waals surface area (Å²) in [7, 11) is 0. The zero-order chi connectivity index (χ0) is 12.3. The Balaban J connectivity index is 2.17. The topological polar surface area (TPSA) is 42.0 Å². The van der Waals surface area contributed by atoms with Crippen molar-refractivity contribution in [2.24, 2.45) is 0 Å². The highest BCUT2D eigenvalue weighted by Gasteiger charge is 2.09. The fraction of sp³-hybridized carbons (Fsp3) is 0. The third-order valence-corrected chi connectivity index (χ3v) is 2.43. The predicted molar refractivity (Wildman–Crippen MR) is 63.6 cm³/mol. The standard InChI is InChI=1S/C12H8ClFN2O/c13-10-4-2-1-3-9(10)12(17)16-8-5-6-11(14)15-7-8/h1-7H,(H,16,17). The van der Waals surface area contributed by atoms with E-state index >= 15 is 0 Å². The van der Waals surface area contributed by atoms with Gasteiger partial charge in [0.2, 0.25) is 5.95 Å². The zero-order valence-electron chi connectivity index (χ0n) is 8.65. The van der Waals surface area contributed by atoms with E-state index in [1.807, 2.05) is 0 Å². The molecule has 1 amide bonds. The number of carbonyl (C=O) groups is 1. The molecule has 2 aromatic rings. The molecule has 86 valence electrons. The average molecular weight is 251 g/mol. The highest BCUT2D eigenvalue weighted by molar-refractivity contribution is 6.34. The number of hydrogen-bond acceptors (Lipinski definition) is 2. The number of benzene rings is 1. The van der Waals surface area contributed by atoms with Crippen LogP contribution < -0.4 is 5.32 Å². The van der Waals surface area contributed by atoms with Crippen molar-refractivity contribution in [2.45, 2.75) is 0 Å². The fourth-order valence-corrected chi connectivity index (χ4v) is 1.52. The molecule has 0 atom stereocenters. The fourth-order valence-electron chi connectivity index (χ4n) is 1.29. The van der Waals surface area contributed by atoms with Crippen LogP contribution in [0.25, 0.3) is 0 Å². The van der Waals surface area contributed by atoms with Crippen LogP contribution in [0.3, 0.4) is 0 Å². The van der Waals surface area contributed by atoms with E-state index < -0.39 is 5.95 Å². The van der Waals surface area contributed by atoms with Crippen LogP contribution in [0.1, 0.15) is 10.4 Å². The third-order valence-electron chi connectivity index (χ3n) is 2.10. The van der Waals surface area contributed by atoms with Gasteiger partial charge < -0.3 is 5.32 Å². The highest BCUT2D eigenvalue weighted by atomic mass is 35.5. The Morgan fingerprint density at radius 3 is 2.65 bits per heavy atom. The molecule has 0 radical (unpaired) electrons. The molecule has 0 saturated heterocycles. The molecule has 1 N–H and O–H groups in total. The van der Waals surface area contributed by atoms with Gasteiger partial charge in [-0.05, 0) is 24.3 Å². The van der Waals surface area contributed by atoms with Gasteiger partial charge in [-0.1, -0.05) is 23.7 Å². The quantitative estimate of drug-likeness (QED) is 0.832. The summed E-state index contributed by atoms with van der Waals surface area (Å²) in [6, 6.07) is 9.27. The molecule has 0 aliphatic rings. The molecule has 0 spiro atoms. The van der Waals surface area contributed by atoms with E-state index in [0.29, 0.717) is 16.3 Å². The molecule has 5 heteroatoms. The summed E-state index contributed by atoms with van der Waals surface area (Å²) in [6.45, 7) is 0. The lowest BCUT2D eigenvalue weighted by Gasteiger charge is -2.05. The van der Waals surface area contributed by atoms with Crippen molar-refractivity contribution >= 4 is 23.2 Å². The number of nitrogens with zero attached hydrogens (tertiary/aromatic N) is 1. The van der Waals surface area contributed by atoms with Gasteiger partial charge in [-0.15, -0.1) is 0 Å². The van der Waals surface area contributed by atoms with E-state index in [2.05, 4.69) is 10.3 Å². The smallest absolute Gasteiger partial charge is 0.257 e. The number of nitrogens with one attached hydrogen (secondary N) is 1. The Hall–Kier alpha value is -1.94. The summed E-state index contributed by atoms with van der Waals surface area (Å²) < 4.78 is 12.6. The predicted octanol–water partition coefficient (Wildman–Crippen LogP) is 3.13. The highest BCUT2D eigenvalue weighted by Crippen LogP contribution is 2.16. The SMILES string of the molecule is O=C(Nc1ccc(F)nc1)c1ccccc1Cl. The molecular weight excluding hydrogens is 243 g/mol. The van der Waals surface area contributed by atoms with Gasteiger partial charge in [-0.25, -0.2) is 4.98 Å². The number of aromatic nitrogens is 1. The van der Waals surface area contributed by atoms with Crippen LogP contribution >= 0.6 is 11.6 Å².